The van der Waals surface area contributed by atoms with Gasteiger partial charge in [-0.05, 0) is 46.5 Å². The van der Waals surface area contributed by atoms with Crippen molar-refractivity contribution in [2.24, 2.45) is 5.41 Å². The van der Waals surface area contributed by atoms with Crippen LogP contribution in [-0.4, -0.2) is 25.2 Å². The monoisotopic (exact) mass is 254 g/mol. The van der Waals surface area contributed by atoms with Crippen molar-refractivity contribution in [3.63, 3.8) is 0 Å². The summed E-state index contributed by atoms with van der Waals surface area (Å²) in [7, 11) is 0. The Hall–Kier alpha value is -1.32. The van der Waals surface area contributed by atoms with Gasteiger partial charge in [-0.15, -0.1) is 0 Å². The SMILES string of the molecule is CCOC(=O)C1(C(=O)OCC)CCCC=C(C)C1. The highest BCUT2D eigenvalue weighted by Crippen LogP contribution is 2.38. The van der Waals surface area contributed by atoms with E-state index in [9.17, 15) is 9.59 Å². The van der Waals surface area contributed by atoms with E-state index in [1.54, 1.807) is 13.8 Å². The third kappa shape index (κ3) is 3.12. The van der Waals surface area contributed by atoms with Gasteiger partial charge in [-0.2, -0.15) is 0 Å². The number of hydrogen-bond donors (Lipinski definition) is 0. The number of ether oxygens (including phenoxy) is 2. The number of hydrogen-bond acceptors (Lipinski definition) is 4. The van der Waals surface area contributed by atoms with E-state index >= 15 is 0 Å². The lowest BCUT2D eigenvalue weighted by molar-refractivity contribution is -0.172. The van der Waals surface area contributed by atoms with Gasteiger partial charge in [0.25, 0.3) is 0 Å². The minimum Gasteiger partial charge on any atom is -0.465 e. The van der Waals surface area contributed by atoms with Gasteiger partial charge in [0.2, 0.25) is 0 Å². The molecule has 0 aromatic heterocycles. The lowest BCUT2D eigenvalue weighted by Gasteiger charge is -2.28. The summed E-state index contributed by atoms with van der Waals surface area (Å²) in [6, 6.07) is 0. The molecule has 18 heavy (non-hydrogen) atoms. The van der Waals surface area contributed by atoms with Crippen LogP contribution in [0.15, 0.2) is 11.6 Å². The van der Waals surface area contributed by atoms with Gasteiger partial charge >= 0.3 is 11.9 Å². The highest BCUT2D eigenvalue weighted by Gasteiger charge is 2.48. The van der Waals surface area contributed by atoms with Crippen LogP contribution in [0.1, 0.15) is 46.5 Å². The second kappa shape index (κ2) is 6.57. The van der Waals surface area contributed by atoms with Crippen molar-refractivity contribution >= 4 is 11.9 Å². The largest absolute Gasteiger partial charge is 0.465 e. The predicted molar refractivity (Wildman–Crippen MR) is 67.9 cm³/mol. The van der Waals surface area contributed by atoms with Gasteiger partial charge in [-0.1, -0.05) is 11.6 Å². The molecule has 0 bridgehead atoms. The Morgan fingerprint density at radius 1 is 1.22 bits per heavy atom. The number of rotatable bonds is 4. The zero-order valence-electron chi connectivity index (χ0n) is 11.5. The molecule has 0 aliphatic heterocycles. The fourth-order valence-corrected chi connectivity index (χ4v) is 2.36. The van der Waals surface area contributed by atoms with Crippen molar-refractivity contribution in [2.45, 2.75) is 46.5 Å². The Labute approximate surface area is 108 Å². The summed E-state index contributed by atoms with van der Waals surface area (Å²) in [5.41, 5.74) is -0.0862. The van der Waals surface area contributed by atoms with Gasteiger partial charge in [0.1, 0.15) is 0 Å². The standard InChI is InChI=1S/C14H22O4/c1-4-17-12(15)14(13(16)18-5-2)9-7-6-8-11(3)10-14/h8H,4-7,9-10H2,1-3H3. The number of carbonyl (C=O) groups excluding carboxylic acids is 2. The fourth-order valence-electron chi connectivity index (χ4n) is 2.36. The third-order valence-electron chi connectivity index (χ3n) is 3.21. The van der Waals surface area contributed by atoms with Gasteiger partial charge in [0.15, 0.2) is 5.41 Å². The van der Waals surface area contributed by atoms with Crippen molar-refractivity contribution in [1.82, 2.24) is 0 Å². The molecule has 0 fully saturated rings. The van der Waals surface area contributed by atoms with Crippen LogP contribution >= 0.6 is 0 Å². The van der Waals surface area contributed by atoms with Crippen molar-refractivity contribution in [3.8, 4) is 0 Å². The van der Waals surface area contributed by atoms with E-state index in [1.807, 2.05) is 6.92 Å². The van der Waals surface area contributed by atoms with Crippen molar-refractivity contribution in [3.05, 3.63) is 11.6 Å². The highest BCUT2D eigenvalue weighted by atomic mass is 16.6. The molecule has 0 aromatic rings. The fraction of sp³-hybridized carbons (Fsp3) is 0.714. The third-order valence-corrected chi connectivity index (χ3v) is 3.21. The maximum Gasteiger partial charge on any atom is 0.323 e. The Balaban J connectivity index is 3.03. The Morgan fingerprint density at radius 2 is 1.78 bits per heavy atom. The van der Waals surface area contributed by atoms with E-state index in [0.717, 1.165) is 18.4 Å². The summed E-state index contributed by atoms with van der Waals surface area (Å²) in [6.45, 7) is 6.00. The van der Waals surface area contributed by atoms with Crippen LogP contribution in [0, 0.1) is 5.41 Å². The van der Waals surface area contributed by atoms with Crippen molar-refractivity contribution in [2.75, 3.05) is 13.2 Å². The van der Waals surface area contributed by atoms with E-state index in [2.05, 4.69) is 6.08 Å². The second-order valence-electron chi connectivity index (χ2n) is 4.64. The lowest BCUT2D eigenvalue weighted by Crippen LogP contribution is -2.42. The van der Waals surface area contributed by atoms with Gasteiger partial charge in [-0.25, -0.2) is 0 Å². The number of allylic oxidation sites excluding steroid dienone is 2. The Kier molecular flexibility index (Phi) is 5.38. The summed E-state index contributed by atoms with van der Waals surface area (Å²) in [6.07, 6.45) is 4.69. The van der Waals surface area contributed by atoms with Crippen LogP contribution in [0.2, 0.25) is 0 Å². The number of esters is 2. The summed E-state index contributed by atoms with van der Waals surface area (Å²) >= 11 is 0. The summed E-state index contributed by atoms with van der Waals surface area (Å²) < 4.78 is 10.2. The molecule has 0 atom stereocenters. The van der Waals surface area contributed by atoms with Gasteiger partial charge in [-0.3, -0.25) is 9.59 Å². The molecule has 0 aromatic carbocycles. The summed E-state index contributed by atoms with van der Waals surface area (Å²) in [4.78, 5) is 24.4. The average molecular weight is 254 g/mol. The number of carbonyl (C=O) groups is 2. The quantitative estimate of drug-likeness (QED) is 0.439. The molecule has 1 rings (SSSR count). The minimum absolute atomic E-state index is 0.281. The highest BCUT2D eigenvalue weighted by molar-refractivity contribution is 6.00. The van der Waals surface area contributed by atoms with Crippen LogP contribution in [-0.2, 0) is 19.1 Å². The average Bonchev–Trinajstić information content (AvgIpc) is 2.52. The van der Waals surface area contributed by atoms with Crippen LogP contribution in [0.4, 0.5) is 0 Å². The first-order chi connectivity index (χ1) is 8.56. The normalized spacial score (nSPS) is 18.5. The minimum atomic E-state index is -1.14. The maximum absolute atomic E-state index is 12.2. The second-order valence-corrected chi connectivity index (χ2v) is 4.64. The smallest absolute Gasteiger partial charge is 0.323 e. The van der Waals surface area contributed by atoms with Crippen LogP contribution in [0.3, 0.4) is 0 Å². The predicted octanol–water partition coefficient (Wildman–Crippen LogP) is 2.62. The van der Waals surface area contributed by atoms with Crippen molar-refractivity contribution < 1.29 is 19.1 Å². The van der Waals surface area contributed by atoms with Gasteiger partial charge in [0, 0.05) is 0 Å². The van der Waals surface area contributed by atoms with E-state index in [4.69, 9.17) is 9.47 Å². The molecular formula is C14H22O4. The molecule has 0 amide bonds. The van der Waals surface area contributed by atoms with Gasteiger partial charge in [0.05, 0.1) is 13.2 Å². The van der Waals surface area contributed by atoms with Crippen LogP contribution in [0.5, 0.6) is 0 Å². The molecule has 0 saturated heterocycles. The molecule has 1 aliphatic rings. The van der Waals surface area contributed by atoms with Crippen LogP contribution < -0.4 is 0 Å². The molecule has 0 saturated carbocycles. The summed E-state index contributed by atoms with van der Waals surface area (Å²) in [5.74, 6) is -0.892. The topological polar surface area (TPSA) is 52.6 Å². The molecule has 1 aliphatic carbocycles. The first-order valence-electron chi connectivity index (χ1n) is 6.57. The maximum atomic E-state index is 12.2. The van der Waals surface area contributed by atoms with Crippen LogP contribution in [0.25, 0.3) is 0 Å². The molecule has 0 spiro atoms. The molecule has 0 unspecified atom stereocenters. The van der Waals surface area contributed by atoms with E-state index in [1.165, 1.54) is 0 Å². The molecule has 4 heteroatoms. The van der Waals surface area contributed by atoms with E-state index < -0.39 is 17.4 Å². The molecule has 4 nitrogen and oxygen atoms in total. The Bertz CT molecular complexity index is 326. The lowest BCUT2D eigenvalue weighted by atomic mass is 9.79. The van der Waals surface area contributed by atoms with Gasteiger partial charge < -0.3 is 9.47 Å². The zero-order valence-corrected chi connectivity index (χ0v) is 11.5. The zero-order chi connectivity index (χ0) is 13.6. The van der Waals surface area contributed by atoms with E-state index in [0.29, 0.717) is 12.8 Å². The Morgan fingerprint density at radius 3 is 2.28 bits per heavy atom. The first-order valence-corrected chi connectivity index (χ1v) is 6.57. The first kappa shape index (κ1) is 14.7. The molecule has 0 heterocycles. The molecule has 102 valence electrons. The van der Waals surface area contributed by atoms with E-state index in [-0.39, 0.29) is 13.2 Å². The molecule has 0 N–H and O–H groups in total. The van der Waals surface area contributed by atoms with Crippen molar-refractivity contribution in [1.29, 1.82) is 0 Å². The summed E-state index contributed by atoms with van der Waals surface area (Å²) in [5, 5.41) is 0. The molecule has 0 radical (unpaired) electrons. The molecular weight excluding hydrogens is 232 g/mol.